The van der Waals surface area contributed by atoms with E-state index in [1.54, 1.807) is 13.8 Å². The molecule has 1 amide bonds. The number of likely N-dealkylation sites (tertiary alicyclic amines) is 1. The number of hydrogen-bond donors (Lipinski definition) is 0. The van der Waals surface area contributed by atoms with Crippen molar-refractivity contribution in [3.8, 4) is 0 Å². The molecule has 23 heavy (non-hydrogen) atoms. The molecule has 128 valence electrons. The van der Waals surface area contributed by atoms with Crippen molar-refractivity contribution in [2.75, 3.05) is 20.2 Å². The monoisotopic (exact) mass is 325 g/mol. The zero-order chi connectivity index (χ0) is 17.0. The second kappa shape index (κ2) is 7.39. The van der Waals surface area contributed by atoms with Gasteiger partial charge in [-0.2, -0.15) is 0 Å². The molecule has 3 nitrogen and oxygen atoms in total. The first-order valence-corrected chi connectivity index (χ1v) is 8.12. The van der Waals surface area contributed by atoms with E-state index in [2.05, 4.69) is 0 Å². The van der Waals surface area contributed by atoms with E-state index in [0.717, 1.165) is 19.4 Å². The number of benzene rings is 1. The summed E-state index contributed by atoms with van der Waals surface area (Å²) >= 11 is 0. The fourth-order valence-electron chi connectivity index (χ4n) is 3.07. The van der Waals surface area contributed by atoms with Crippen LogP contribution < -0.4 is 0 Å². The van der Waals surface area contributed by atoms with Crippen LogP contribution in [0.3, 0.4) is 0 Å². The zero-order valence-electron chi connectivity index (χ0n) is 14.1. The van der Waals surface area contributed by atoms with Gasteiger partial charge in [-0.1, -0.05) is 6.07 Å². The van der Waals surface area contributed by atoms with Crippen LogP contribution in [0.25, 0.3) is 0 Å². The molecule has 0 spiro atoms. The van der Waals surface area contributed by atoms with Crippen LogP contribution in [-0.4, -0.2) is 36.6 Å². The van der Waals surface area contributed by atoms with Crippen molar-refractivity contribution in [2.45, 2.75) is 45.1 Å². The van der Waals surface area contributed by atoms with Crippen LogP contribution in [0.5, 0.6) is 0 Å². The van der Waals surface area contributed by atoms with Crippen LogP contribution in [0.15, 0.2) is 18.2 Å². The van der Waals surface area contributed by atoms with Gasteiger partial charge in [0.25, 0.3) is 5.91 Å². The summed E-state index contributed by atoms with van der Waals surface area (Å²) in [5.41, 5.74) is -0.687. The first-order valence-electron chi connectivity index (χ1n) is 8.12. The maximum Gasteiger partial charge on any atom is 0.254 e. The van der Waals surface area contributed by atoms with E-state index in [4.69, 9.17) is 4.74 Å². The lowest BCUT2D eigenvalue weighted by molar-refractivity contribution is -0.152. The molecule has 5 heteroatoms. The molecule has 1 atom stereocenters. The van der Waals surface area contributed by atoms with E-state index >= 15 is 0 Å². The van der Waals surface area contributed by atoms with E-state index in [1.165, 1.54) is 25.3 Å². The Morgan fingerprint density at radius 3 is 2.61 bits per heavy atom. The summed E-state index contributed by atoms with van der Waals surface area (Å²) in [5.74, 6) is -0.746. The number of piperidine rings is 1. The summed E-state index contributed by atoms with van der Waals surface area (Å²) in [7, 11) is 1.53. The standard InChI is InChI=1S/C18H25F2NO2/c1-18(2,23-3)17(22)21-11-5-6-13(12-21)9-10-14-15(19)7-4-8-16(14)20/h4,7-8,13H,5-6,9-12H2,1-3H3/t13-/m0/s1. The van der Waals surface area contributed by atoms with E-state index in [1.807, 2.05) is 4.90 Å². The van der Waals surface area contributed by atoms with Crippen LogP contribution in [0, 0.1) is 17.6 Å². The maximum atomic E-state index is 13.7. The highest BCUT2D eigenvalue weighted by Gasteiger charge is 2.34. The molecule has 2 rings (SSSR count). The Balaban J connectivity index is 1.96. The summed E-state index contributed by atoms with van der Waals surface area (Å²) in [6, 6.07) is 3.95. The van der Waals surface area contributed by atoms with Crippen LogP contribution in [0.2, 0.25) is 0 Å². The molecule has 0 unspecified atom stereocenters. The van der Waals surface area contributed by atoms with Crippen molar-refractivity contribution in [2.24, 2.45) is 5.92 Å². The minimum absolute atomic E-state index is 0.0261. The number of amides is 1. The van der Waals surface area contributed by atoms with E-state index in [9.17, 15) is 13.6 Å². The summed E-state index contributed by atoms with van der Waals surface area (Å²) < 4.78 is 32.6. The van der Waals surface area contributed by atoms with Gasteiger partial charge < -0.3 is 9.64 Å². The summed E-state index contributed by atoms with van der Waals surface area (Å²) in [6.07, 6.45) is 2.93. The Morgan fingerprint density at radius 1 is 1.35 bits per heavy atom. The van der Waals surface area contributed by atoms with E-state index in [-0.39, 0.29) is 17.4 Å². The van der Waals surface area contributed by atoms with Gasteiger partial charge in [0, 0.05) is 25.8 Å². The van der Waals surface area contributed by atoms with E-state index < -0.39 is 17.2 Å². The Hall–Kier alpha value is -1.49. The molecule has 1 aromatic carbocycles. The molecule has 0 aliphatic carbocycles. The highest BCUT2D eigenvalue weighted by Crippen LogP contribution is 2.25. The van der Waals surface area contributed by atoms with Crippen molar-refractivity contribution < 1.29 is 18.3 Å². The molecule has 0 saturated carbocycles. The molecule has 0 radical (unpaired) electrons. The number of carbonyl (C=O) groups is 1. The number of nitrogens with zero attached hydrogens (tertiary/aromatic N) is 1. The molecule has 0 N–H and O–H groups in total. The molecular weight excluding hydrogens is 300 g/mol. The lowest BCUT2D eigenvalue weighted by atomic mass is 9.90. The molecule has 0 bridgehead atoms. The fraction of sp³-hybridized carbons (Fsp3) is 0.611. The third kappa shape index (κ3) is 4.28. The van der Waals surface area contributed by atoms with Gasteiger partial charge in [0.05, 0.1) is 0 Å². The van der Waals surface area contributed by atoms with Gasteiger partial charge in [0.2, 0.25) is 0 Å². The predicted octanol–water partition coefficient (Wildman–Crippen LogP) is 3.56. The number of rotatable bonds is 5. The lowest BCUT2D eigenvalue weighted by Crippen LogP contribution is -2.50. The molecule has 1 aromatic rings. The predicted molar refractivity (Wildman–Crippen MR) is 85.1 cm³/mol. The van der Waals surface area contributed by atoms with Crippen molar-refractivity contribution in [3.63, 3.8) is 0 Å². The van der Waals surface area contributed by atoms with Crippen LogP contribution in [-0.2, 0) is 16.0 Å². The van der Waals surface area contributed by atoms with Gasteiger partial charge in [-0.25, -0.2) is 8.78 Å². The summed E-state index contributed by atoms with van der Waals surface area (Å²) in [6.45, 7) is 4.86. The maximum absolute atomic E-state index is 13.7. The average Bonchev–Trinajstić information content (AvgIpc) is 2.54. The van der Waals surface area contributed by atoms with Gasteiger partial charge in [0.1, 0.15) is 17.2 Å². The van der Waals surface area contributed by atoms with Gasteiger partial charge in [-0.3, -0.25) is 4.79 Å². The van der Waals surface area contributed by atoms with Gasteiger partial charge in [-0.15, -0.1) is 0 Å². The molecule has 1 saturated heterocycles. The van der Waals surface area contributed by atoms with E-state index in [0.29, 0.717) is 19.4 Å². The fourth-order valence-corrected chi connectivity index (χ4v) is 3.07. The summed E-state index contributed by atoms with van der Waals surface area (Å²) in [5, 5.41) is 0. The minimum Gasteiger partial charge on any atom is -0.369 e. The van der Waals surface area contributed by atoms with Crippen molar-refractivity contribution >= 4 is 5.91 Å². The minimum atomic E-state index is -0.834. The molecule has 1 aliphatic rings. The van der Waals surface area contributed by atoms with Crippen LogP contribution in [0.4, 0.5) is 8.78 Å². The third-order valence-corrected chi connectivity index (χ3v) is 4.70. The van der Waals surface area contributed by atoms with Crippen LogP contribution in [0.1, 0.15) is 38.7 Å². The molecule has 1 fully saturated rings. The Kier molecular flexibility index (Phi) is 5.74. The largest absolute Gasteiger partial charge is 0.369 e. The SMILES string of the molecule is COC(C)(C)C(=O)N1CCC[C@@H](CCc2c(F)cccc2F)C1. The Labute approximate surface area is 136 Å². The highest BCUT2D eigenvalue weighted by atomic mass is 19.1. The van der Waals surface area contributed by atoms with Gasteiger partial charge in [0.15, 0.2) is 0 Å². The first-order chi connectivity index (χ1) is 10.8. The smallest absolute Gasteiger partial charge is 0.254 e. The number of hydrogen-bond acceptors (Lipinski definition) is 2. The normalized spacial score (nSPS) is 19.0. The lowest BCUT2D eigenvalue weighted by Gasteiger charge is -2.37. The second-order valence-corrected chi connectivity index (χ2v) is 6.71. The topological polar surface area (TPSA) is 29.5 Å². The van der Waals surface area contributed by atoms with Crippen molar-refractivity contribution in [1.29, 1.82) is 0 Å². The van der Waals surface area contributed by atoms with Gasteiger partial charge >= 0.3 is 0 Å². The quantitative estimate of drug-likeness (QED) is 0.828. The first kappa shape index (κ1) is 17.9. The highest BCUT2D eigenvalue weighted by molar-refractivity contribution is 5.84. The third-order valence-electron chi connectivity index (χ3n) is 4.70. The number of halogens is 2. The Bertz CT molecular complexity index is 540. The Morgan fingerprint density at radius 2 is 2.00 bits per heavy atom. The van der Waals surface area contributed by atoms with Crippen molar-refractivity contribution in [1.82, 2.24) is 4.90 Å². The number of methoxy groups -OCH3 is 1. The number of carbonyl (C=O) groups excluding carboxylic acids is 1. The van der Waals surface area contributed by atoms with Crippen LogP contribution >= 0.6 is 0 Å². The molecule has 1 heterocycles. The molecule has 0 aromatic heterocycles. The summed E-state index contributed by atoms with van der Waals surface area (Å²) in [4.78, 5) is 14.3. The molecule has 1 aliphatic heterocycles. The molecular formula is C18H25F2NO2. The second-order valence-electron chi connectivity index (χ2n) is 6.71. The number of ether oxygens (including phenoxy) is 1. The average molecular weight is 325 g/mol. The zero-order valence-corrected chi connectivity index (χ0v) is 14.1. The van der Waals surface area contributed by atoms with Crippen molar-refractivity contribution in [3.05, 3.63) is 35.4 Å². The van der Waals surface area contributed by atoms with Gasteiger partial charge in [-0.05, 0) is 57.6 Å².